The molecule has 0 radical (unpaired) electrons. The van der Waals surface area contributed by atoms with Gasteiger partial charge in [-0.05, 0) is 17.7 Å². The number of carbonyl (C=O) groups excluding carboxylic acids is 2. The molecule has 0 unspecified atom stereocenters. The number of likely N-dealkylation sites (N-methyl/N-ethyl adjacent to an activating group) is 1. The maximum Gasteiger partial charge on any atom is 0.331 e. The molecule has 0 aliphatic heterocycles. The lowest BCUT2D eigenvalue weighted by molar-refractivity contribution is -0.147. The molecule has 2 rings (SSSR count). The Bertz CT molecular complexity index is 801. The molecule has 0 atom stereocenters. The van der Waals surface area contributed by atoms with Crippen LogP contribution in [0.3, 0.4) is 0 Å². The second-order valence-corrected chi connectivity index (χ2v) is 5.76. The normalized spacial score (nSPS) is 10.5. The summed E-state index contributed by atoms with van der Waals surface area (Å²) >= 11 is 0. The van der Waals surface area contributed by atoms with Crippen LogP contribution in [0.4, 0.5) is 0 Å². The van der Waals surface area contributed by atoms with Gasteiger partial charge in [-0.2, -0.15) is 0 Å². The highest BCUT2D eigenvalue weighted by molar-refractivity contribution is 5.89. The maximum atomic E-state index is 12.1. The molecule has 27 heavy (non-hydrogen) atoms. The van der Waals surface area contributed by atoms with Gasteiger partial charge in [0.25, 0.3) is 5.91 Å². The van der Waals surface area contributed by atoms with Crippen molar-refractivity contribution in [3.05, 3.63) is 65.7 Å². The van der Waals surface area contributed by atoms with Gasteiger partial charge in [0.2, 0.25) is 0 Å². The number of carbonyl (C=O) groups is 2. The van der Waals surface area contributed by atoms with Crippen LogP contribution in [0.2, 0.25) is 0 Å². The molecule has 1 amide bonds. The van der Waals surface area contributed by atoms with Gasteiger partial charge in [-0.25, -0.2) is 4.79 Å². The van der Waals surface area contributed by atoms with Gasteiger partial charge in [-0.1, -0.05) is 42.5 Å². The lowest BCUT2D eigenvalue weighted by Gasteiger charge is -2.16. The Hall–Kier alpha value is -3.28. The van der Waals surface area contributed by atoms with Gasteiger partial charge in [-0.3, -0.25) is 4.79 Å². The summed E-state index contributed by atoms with van der Waals surface area (Å²) in [6.45, 7) is 0.135. The monoisotopic (exact) mass is 369 g/mol. The SMILES string of the molecule is COc1cccc(C=CC(=O)OCC(=O)N(C)Cc2ccccc2)c1OC. The van der Waals surface area contributed by atoms with Gasteiger partial charge < -0.3 is 19.1 Å². The third-order valence-corrected chi connectivity index (χ3v) is 3.86. The van der Waals surface area contributed by atoms with Gasteiger partial charge in [0.1, 0.15) is 0 Å². The summed E-state index contributed by atoms with van der Waals surface area (Å²) in [6.07, 6.45) is 2.81. The molecular weight excluding hydrogens is 346 g/mol. The number of hydrogen-bond donors (Lipinski definition) is 0. The predicted molar refractivity (Wildman–Crippen MR) is 102 cm³/mol. The van der Waals surface area contributed by atoms with E-state index in [1.165, 1.54) is 25.2 Å². The first-order chi connectivity index (χ1) is 13.0. The largest absolute Gasteiger partial charge is 0.493 e. The zero-order chi connectivity index (χ0) is 19.6. The van der Waals surface area contributed by atoms with Crippen molar-refractivity contribution in [1.29, 1.82) is 0 Å². The van der Waals surface area contributed by atoms with Gasteiger partial charge >= 0.3 is 5.97 Å². The fourth-order valence-electron chi connectivity index (χ4n) is 2.44. The molecule has 0 bridgehead atoms. The van der Waals surface area contributed by atoms with E-state index in [0.29, 0.717) is 23.6 Å². The van der Waals surface area contributed by atoms with Crippen molar-refractivity contribution in [2.75, 3.05) is 27.9 Å². The molecule has 2 aromatic rings. The zero-order valence-electron chi connectivity index (χ0n) is 15.7. The Morgan fingerprint density at radius 3 is 2.41 bits per heavy atom. The summed E-state index contributed by atoms with van der Waals surface area (Å²) in [7, 11) is 4.73. The van der Waals surface area contributed by atoms with Crippen LogP contribution < -0.4 is 9.47 Å². The molecule has 0 spiro atoms. The molecule has 0 saturated carbocycles. The predicted octanol–water partition coefficient (Wildman–Crippen LogP) is 2.92. The fraction of sp³-hybridized carbons (Fsp3) is 0.238. The number of hydrogen-bond acceptors (Lipinski definition) is 5. The second-order valence-electron chi connectivity index (χ2n) is 5.76. The summed E-state index contributed by atoms with van der Waals surface area (Å²) in [4.78, 5) is 25.5. The van der Waals surface area contributed by atoms with Crippen LogP contribution in [-0.2, 0) is 20.9 Å². The van der Waals surface area contributed by atoms with Crippen LogP contribution in [0, 0.1) is 0 Å². The smallest absolute Gasteiger partial charge is 0.331 e. The van der Waals surface area contributed by atoms with E-state index in [1.54, 1.807) is 31.3 Å². The van der Waals surface area contributed by atoms with Crippen molar-refractivity contribution in [2.45, 2.75) is 6.54 Å². The molecule has 2 aromatic carbocycles. The van der Waals surface area contributed by atoms with Crippen LogP contribution >= 0.6 is 0 Å². The van der Waals surface area contributed by atoms with Crippen molar-refractivity contribution in [3.8, 4) is 11.5 Å². The molecule has 0 aliphatic carbocycles. The average molecular weight is 369 g/mol. The van der Waals surface area contributed by atoms with E-state index in [0.717, 1.165) is 5.56 Å². The molecule has 0 N–H and O–H groups in total. The van der Waals surface area contributed by atoms with E-state index < -0.39 is 5.97 Å². The molecule has 0 aromatic heterocycles. The van der Waals surface area contributed by atoms with E-state index in [4.69, 9.17) is 14.2 Å². The zero-order valence-corrected chi connectivity index (χ0v) is 15.7. The van der Waals surface area contributed by atoms with Crippen LogP contribution in [0.5, 0.6) is 11.5 Å². The van der Waals surface area contributed by atoms with E-state index in [2.05, 4.69) is 0 Å². The van der Waals surface area contributed by atoms with Gasteiger partial charge in [0, 0.05) is 25.2 Å². The van der Waals surface area contributed by atoms with E-state index in [-0.39, 0.29) is 12.5 Å². The minimum atomic E-state index is -0.610. The summed E-state index contributed by atoms with van der Waals surface area (Å²) in [5, 5.41) is 0. The molecule has 0 fully saturated rings. The molecule has 0 aliphatic rings. The minimum absolute atomic E-state index is 0.278. The number of nitrogens with zero attached hydrogens (tertiary/aromatic N) is 1. The Balaban J connectivity index is 1.88. The topological polar surface area (TPSA) is 65.1 Å². The van der Waals surface area contributed by atoms with Crippen molar-refractivity contribution in [2.24, 2.45) is 0 Å². The molecule has 6 nitrogen and oxygen atoms in total. The first-order valence-electron chi connectivity index (χ1n) is 8.39. The number of esters is 1. The number of benzene rings is 2. The second kappa shape index (κ2) is 10.0. The lowest BCUT2D eigenvalue weighted by Crippen LogP contribution is -2.30. The third-order valence-electron chi connectivity index (χ3n) is 3.86. The van der Waals surface area contributed by atoms with Gasteiger partial charge in [0.15, 0.2) is 18.1 Å². The highest BCUT2D eigenvalue weighted by atomic mass is 16.5. The molecule has 6 heteroatoms. The maximum absolute atomic E-state index is 12.1. The van der Waals surface area contributed by atoms with Gasteiger partial charge in [-0.15, -0.1) is 0 Å². The number of ether oxygens (including phenoxy) is 3. The quantitative estimate of drug-likeness (QED) is 0.529. The average Bonchev–Trinajstić information content (AvgIpc) is 2.70. The Morgan fingerprint density at radius 1 is 1.00 bits per heavy atom. The lowest BCUT2D eigenvalue weighted by atomic mass is 10.1. The highest BCUT2D eigenvalue weighted by Gasteiger charge is 2.12. The van der Waals surface area contributed by atoms with E-state index in [1.807, 2.05) is 30.3 Å². The molecule has 0 saturated heterocycles. The third kappa shape index (κ3) is 5.88. The molecular formula is C21H23NO5. The number of methoxy groups -OCH3 is 2. The summed E-state index contributed by atoms with van der Waals surface area (Å²) < 4.78 is 15.5. The van der Waals surface area contributed by atoms with Crippen molar-refractivity contribution in [1.82, 2.24) is 4.90 Å². The minimum Gasteiger partial charge on any atom is -0.493 e. The van der Waals surface area contributed by atoms with Crippen molar-refractivity contribution < 1.29 is 23.8 Å². The van der Waals surface area contributed by atoms with Crippen LogP contribution in [0.25, 0.3) is 6.08 Å². The van der Waals surface area contributed by atoms with Gasteiger partial charge in [0.05, 0.1) is 14.2 Å². The first-order valence-corrected chi connectivity index (χ1v) is 8.39. The van der Waals surface area contributed by atoms with Crippen molar-refractivity contribution >= 4 is 18.0 Å². The summed E-state index contributed by atoms with van der Waals surface area (Å²) in [5.74, 6) is 0.189. The first kappa shape index (κ1) is 20.0. The Morgan fingerprint density at radius 2 is 1.74 bits per heavy atom. The molecule has 0 heterocycles. The van der Waals surface area contributed by atoms with Crippen LogP contribution in [0.15, 0.2) is 54.6 Å². The number of rotatable bonds is 8. The standard InChI is InChI=1S/C21H23NO5/c1-22(14-16-8-5-4-6-9-16)19(23)15-27-20(24)13-12-17-10-7-11-18(25-2)21(17)26-3/h4-13H,14-15H2,1-3H3. The van der Waals surface area contributed by atoms with Crippen LogP contribution in [0.1, 0.15) is 11.1 Å². The highest BCUT2D eigenvalue weighted by Crippen LogP contribution is 2.31. The Labute approximate surface area is 159 Å². The number of amides is 1. The molecule has 142 valence electrons. The van der Waals surface area contributed by atoms with Crippen LogP contribution in [-0.4, -0.2) is 44.7 Å². The summed E-state index contributed by atoms with van der Waals surface area (Å²) in [6, 6.07) is 14.9. The fourth-order valence-corrected chi connectivity index (χ4v) is 2.44. The van der Waals surface area contributed by atoms with Crippen molar-refractivity contribution in [3.63, 3.8) is 0 Å². The van der Waals surface area contributed by atoms with E-state index >= 15 is 0 Å². The number of para-hydroxylation sites is 1. The summed E-state index contributed by atoms with van der Waals surface area (Å²) in [5.41, 5.74) is 1.67. The Kier molecular flexibility index (Phi) is 7.43. The van der Waals surface area contributed by atoms with E-state index in [9.17, 15) is 9.59 Å².